The number of hydrogen-bond acceptors (Lipinski definition) is 3. The van der Waals surface area contributed by atoms with Gasteiger partial charge in [-0.2, -0.15) is 0 Å². The quantitative estimate of drug-likeness (QED) is 0.650. The Balaban J connectivity index is 2.52. The number of aryl methyl sites for hydroxylation is 1. The van der Waals surface area contributed by atoms with Gasteiger partial charge in [-0.25, -0.2) is 0 Å². The summed E-state index contributed by atoms with van der Waals surface area (Å²) < 4.78 is 0. The standard InChI is InChI=1S/C18H29N3O2/c1-5-14-7-9-15(10-8-14)18(13(3)4)21-12-17(23)20-11-16(22)19-6-2/h7-10,13,18,21H,5-6,11-12H2,1-4H3,(H,19,22)(H,20,23)/t18-/m1/s1. The van der Waals surface area contributed by atoms with Crippen molar-refractivity contribution in [2.75, 3.05) is 19.6 Å². The smallest absolute Gasteiger partial charge is 0.239 e. The van der Waals surface area contributed by atoms with Gasteiger partial charge in [0.15, 0.2) is 0 Å². The van der Waals surface area contributed by atoms with Crippen molar-refractivity contribution in [3.8, 4) is 0 Å². The minimum absolute atomic E-state index is 0.0197. The highest BCUT2D eigenvalue weighted by Gasteiger charge is 2.16. The van der Waals surface area contributed by atoms with E-state index < -0.39 is 0 Å². The molecule has 0 fully saturated rings. The molecule has 0 bridgehead atoms. The zero-order valence-corrected chi connectivity index (χ0v) is 14.6. The van der Waals surface area contributed by atoms with Gasteiger partial charge in [-0.1, -0.05) is 45.0 Å². The van der Waals surface area contributed by atoms with Crippen molar-refractivity contribution >= 4 is 11.8 Å². The third-order valence-electron chi connectivity index (χ3n) is 3.72. The Morgan fingerprint density at radius 1 is 0.957 bits per heavy atom. The normalized spacial score (nSPS) is 12.0. The maximum absolute atomic E-state index is 11.9. The van der Waals surface area contributed by atoms with Crippen LogP contribution >= 0.6 is 0 Å². The van der Waals surface area contributed by atoms with E-state index in [2.05, 4.69) is 61.0 Å². The fourth-order valence-corrected chi connectivity index (χ4v) is 2.40. The molecule has 3 N–H and O–H groups in total. The topological polar surface area (TPSA) is 70.2 Å². The van der Waals surface area contributed by atoms with Crippen molar-refractivity contribution in [1.82, 2.24) is 16.0 Å². The Kier molecular flexibility index (Phi) is 8.33. The van der Waals surface area contributed by atoms with Gasteiger partial charge >= 0.3 is 0 Å². The summed E-state index contributed by atoms with van der Waals surface area (Å²) >= 11 is 0. The first-order valence-electron chi connectivity index (χ1n) is 8.33. The molecule has 0 spiro atoms. The molecule has 1 aromatic carbocycles. The van der Waals surface area contributed by atoms with Gasteiger partial charge in [0.25, 0.3) is 0 Å². The Labute approximate surface area is 139 Å². The highest BCUT2D eigenvalue weighted by Crippen LogP contribution is 2.21. The van der Waals surface area contributed by atoms with Gasteiger partial charge in [-0.3, -0.25) is 9.59 Å². The van der Waals surface area contributed by atoms with Crippen LogP contribution in [0, 0.1) is 5.92 Å². The van der Waals surface area contributed by atoms with Crippen molar-refractivity contribution < 1.29 is 9.59 Å². The molecule has 1 atom stereocenters. The summed E-state index contributed by atoms with van der Waals surface area (Å²) in [6, 6.07) is 8.59. The Morgan fingerprint density at radius 2 is 1.57 bits per heavy atom. The maximum atomic E-state index is 11.9. The number of carbonyl (C=O) groups excluding carboxylic acids is 2. The Hall–Kier alpha value is -1.88. The van der Waals surface area contributed by atoms with Crippen LogP contribution in [0.25, 0.3) is 0 Å². The van der Waals surface area contributed by atoms with E-state index in [4.69, 9.17) is 0 Å². The van der Waals surface area contributed by atoms with E-state index in [0.717, 1.165) is 6.42 Å². The first-order valence-corrected chi connectivity index (χ1v) is 8.33. The number of carbonyl (C=O) groups is 2. The van der Waals surface area contributed by atoms with Gasteiger partial charge in [0, 0.05) is 12.6 Å². The average Bonchev–Trinajstić information content (AvgIpc) is 2.53. The number of nitrogens with one attached hydrogen (secondary N) is 3. The molecule has 0 aromatic heterocycles. The number of hydrogen-bond donors (Lipinski definition) is 3. The van der Waals surface area contributed by atoms with Gasteiger partial charge in [0.1, 0.15) is 0 Å². The molecule has 0 heterocycles. The summed E-state index contributed by atoms with van der Waals surface area (Å²) in [6.45, 7) is 9.00. The van der Waals surface area contributed by atoms with E-state index in [1.165, 1.54) is 11.1 Å². The summed E-state index contributed by atoms with van der Waals surface area (Å²) in [5.41, 5.74) is 2.48. The lowest BCUT2D eigenvalue weighted by Gasteiger charge is -2.23. The predicted molar refractivity (Wildman–Crippen MR) is 93.1 cm³/mol. The van der Waals surface area contributed by atoms with Crippen molar-refractivity contribution in [2.24, 2.45) is 5.92 Å². The first-order chi connectivity index (χ1) is 11.0. The van der Waals surface area contributed by atoms with E-state index >= 15 is 0 Å². The minimum atomic E-state index is -0.174. The maximum Gasteiger partial charge on any atom is 0.239 e. The highest BCUT2D eigenvalue weighted by molar-refractivity contribution is 5.85. The second kappa shape index (κ2) is 10.0. The number of likely N-dealkylation sites (N-methyl/N-ethyl adjacent to an activating group) is 1. The second-order valence-electron chi connectivity index (χ2n) is 5.93. The SMILES string of the molecule is CCNC(=O)CNC(=O)CN[C@@H](c1ccc(CC)cc1)C(C)C. The van der Waals surface area contributed by atoms with E-state index in [1.54, 1.807) is 0 Å². The first kappa shape index (κ1) is 19.2. The lowest BCUT2D eigenvalue weighted by atomic mass is 9.95. The third-order valence-corrected chi connectivity index (χ3v) is 3.72. The summed E-state index contributed by atoms with van der Waals surface area (Å²) in [6.07, 6.45) is 1.02. The third kappa shape index (κ3) is 6.82. The molecule has 0 aliphatic carbocycles. The molecule has 0 aliphatic rings. The fourth-order valence-electron chi connectivity index (χ4n) is 2.40. The molecule has 0 saturated heterocycles. The van der Waals surface area contributed by atoms with Crippen LogP contribution in [0.5, 0.6) is 0 Å². The summed E-state index contributed by atoms with van der Waals surface area (Å²) in [4.78, 5) is 23.2. The Morgan fingerprint density at radius 3 is 2.09 bits per heavy atom. The predicted octanol–water partition coefficient (Wildman–Crippen LogP) is 1.79. The van der Waals surface area contributed by atoms with E-state index in [1.807, 2.05) is 6.92 Å². The van der Waals surface area contributed by atoms with Crippen LogP contribution in [0.1, 0.15) is 44.9 Å². The summed E-state index contributed by atoms with van der Waals surface area (Å²) in [5.74, 6) is 0.0159. The van der Waals surface area contributed by atoms with E-state index in [-0.39, 0.29) is 30.9 Å². The zero-order chi connectivity index (χ0) is 17.2. The van der Waals surface area contributed by atoms with Crippen LogP contribution in [0.2, 0.25) is 0 Å². The molecule has 2 amide bonds. The van der Waals surface area contributed by atoms with Crippen LogP contribution in [0.15, 0.2) is 24.3 Å². The van der Waals surface area contributed by atoms with Crippen molar-refractivity contribution in [3.05, 3.63) is 35.4 Å². The van der Waals surface area contributed by atoms with Gasteiger partial charge in [-0.05, 0) is 30.4 Å². The molecule has 0 unspecified atom stereocenters. The van der Waals surface area contributed by atoms with E-state index in [0.29, 0.717) is 12.5 Å². The molecule has 0 saturated carbocycles. The van der Waals surface area contributed by atoms with Crippen molar-refractivity contribution in [1.29, 1.82) is 0 Å². The van der Waals surface area contributed by atoms with E-state index in [9.17, 15) is 9.59 Å². The van der Waals surface area contributed by atoms with Crippen LogP contribution in [0.3, 0.4) is 0 Å². The zero-order valence-electron chi connectivity index (χ0n) is 14.6. The number of amides is 2. The van der Waals surface area contributed by atoms with Gasteiger partial charge in [-0.15, -0.1) is 0 Å². The molecule has 1 aromatic rings. The monoisotopic (exact) mass is 319 g/mol. The molecular weight excluding hydrogens is 290 g/mol. The van der Waals surface area contributed by atoms with Crippen molar-refractivity contribution in [3.63, 3.8) is 0 Å². The number of rotatable bonds is 9. The molecule has 5 nitrogen and oxygen atoms in total. The lowest BCUT2D eigenvalue weighted by molar-refractivity contribution is -0.125. The summed E-state index contributed by atoms with van der Waals surface area (Å²) in [7, 11) is 0. The van der Waals surface area contributed by atoms with Gasteiger partial charge in [0.05, 0.1) is 13.1 Å². The number of benzene rings is 1. The molecule has 128 valence electrons. The Bertz CT molecular complexity index is 497. The average molecular weight is 319 g/mol. The highest BCUT2D eigenvalue weighted by atomic mass is 16.2. The van der Waals surface area contributed by atoms with Gasteiger partial charge < -0.3 is 16.0 Å². The molecule has 5 heteroatoms. The molecule has 23 heavy (non-hydrogen) atoms. The van der Waals surface area contributed by atoms with Crippen molar-refractivity contribution in [2.45, 2.75) is 40.2 Å². The molecule has 0 radical (unpaired) electrons. The lowest BCUT2D eigenvalue weighted by Crippen LogP contribution is -2.42. The molecule has 1 rings (SSSR count). The van der Waals surface area contributed by atoms with Crippen LogP contribution < -0.4 is 16.0 Å². The van der Waals surface area contributed by atoms with Crippen LogP contribution in [-0.2, 0) is 16.0 Å². The second-order valence-corrected chi connectivity index (χ2v) is 5.93. The molecular formula is C18H29N3O2. The summed E-state index contributed by atoms with van der Waals surface area (Å²) in [5, 5.41) is 8.55. The van der Waals surface area contributed by atoms with Crippen LogP contribution in [0.4, 0.5) is 0 Å². The van der Waals surface area contributed by atoms with Crippen LogP contribution in [-0.4, -0.2) is 31.4 Å². The van der Waals surface area contributed by atoms with Gasteiger partial charge in [0.2, 0.25) is 11.8 Å². The molecule has 0 aliphatic heterocycles. The fraction of sp³-hybridized carbons (Fsp3) is 0.556. The largest absolute Gasteiger partial charge is 0.355 e. The minimum Gasteiger partial charge on any atom is -0.355 e.